The molecule has 12 atom stereocenters. The molecular weight excluding hydrogens is 840 g/mol. The topological polar surface area (TPSA) is 386 Å². The summed E-state index contributed by atoms with van der Waals surface area (Å²) < 4.78 is 43.7. The lowest BCUT2D eigenvalue weighted by atomic mass is 10.0. The van der Waals surface area contributed by atoms with E-state index in [1.54, 1.807) is 11.9 Å². The summed E-state index contributed by atoms with van der Waals surface area (Å²) in [6, 6.07) is 0. The van der Waals surface area contributed by atoms with Crippen LogP contribution in [0.4, 0.5) is 0 Å². The summed E-state index contributed by atoms with van der Waals surface area (Å²) in [5.41, 5.74) is 0. The lowest BCUT2D eigenvalue weighted by Crippen LogP contribution is -2.53. The van der Waals surface area contributed by atoms with Crippen molar-refractivity contribution in [3.8, 4) is 0 Å². The molecule has 0 unspecified atom stereocenters. The Kier molecular flexibility index (Phi) is 38.6. The molecule has 0 aromatic carbocycles. The molecule has 0 aliphatic rings. The average Bonchev–Trinajstić information content (AvgIpc) is 3.27. The molecule has 0 aliphatic carbocycles. The van der Waals surface area contributed by atoms with Gasteiger partial charge in [-0.25, -0.2) is 0 Å². The SMILES string of the molecule is CN(CCOCCOCCOCCOCCOCCOCCOCCOCCN(C[C@H](O)[C@@H](O)[C@H](O)[C@H](O)CO)C[C@H](O)[C@@H](O)[C@H](O)[C@H](O)C[OH2+])C[C@H](O)[C@@H](O)[C@H](O)[C@H](O)CO. The first kappa shape index (κ1) is 61.0. The van der Waals surface area contributed by atoms with Gasteiger partial charge in [0.2, 0.25) is 0 Å². The van der Waals surface area contributed by atoms with Crippen molar-refractivity contribution in [2.45, 2.75) is 73.2 Å². The highest BCUT2D eigenvalue weighted by Gasteiger charge is 2.35. The number of ether oxygens (including phenoxy) is 8. The van der Waals surface area contributed by atoms with Crippen molar-refractivity contribution in [2.24, 2.45) is 0 Å². The van der Waals surface area contributed by atoms with Crippen LogP contribution in [0.3, 0.4) is 0 Å². The molecule has 0 rings (SSSR count). The largest absolute Gasteiger partial charge is 0.443 e. The Hall–Kier alpha value is -1.00. The molecule has 0 fully saturated rings. The van der Waals surface area contributed by atoms with E-state index in [1.807, 2.05) is 0 Å². The second-order valence-electron chi connectivity index (χ2n) is 14.3. The van der Waals surface area contributed by atoms with Gasteiger partial charge in [0.1, 0.15) is 48.8 Å². The predicted molar refractivity (Wildman–Crippen MR) is 215 cm³/mol. The Labute approximate surface area is 362 Å². The zero-order valence-corrected chi connectivity index (χ0v) is 35.8. The van der Waals surface area contributed by atoms with Gasteiger partial charge in [0.15, 0.2) is 12.7 Å². The number of aliphatic hydroxyl groups excluding tert-OH is 14. The molecule has 0 bridgehead atoms. The molecule has 0 spiro atoms. The van der Waals surface area contributed by atoms with Gasteiger partial charge in [-0.05, 0) is 7.05 Å². The number of hydrogen-bond acceptors (Lipinski definition) is 24. The van der Waals surface area contributed by atoms with Crippen molar-refractivity contribution >= 4 is 0 Å². The van der Waals surface area contributed by atoms with Crippen LogP contribution < -0.4 is 0 Å². The van der Waals surface area contributed by atoms with Crippen molar-refractivity contribution in [2.75, 3.05) is 165 Å². The van der Waals surface area contributed by atoms with E-state index in [1.165, 1.54) is 4.90 Å². The molecule has 0 saturated carbocycles. The zero-order chi connectivity index (χ0) is 46.7. The van der Waals surface area contributed by atoms with Gasteiger partial charge in [-0.15, -0.1) is 0 Å². The van der Waals surface area contributed by atoms with Gasteiger partial charge in [-0.2, -0.15) is 0 Å². The van der Waals surface area contributed by atoms with Crippen LogP contribution in [0.1, 0.15) is 0 Å². The quantitative estimate of drug-likeness (QED) is 0.0199. The fraction of sp³-hybridized carbons (Fsp3) is 1.00. The molecule has 62 heavy (non-hydrogen) atoms. The summed E-state index contributed by atoms with van der Waals surface area (Å²) in [4.78, 5) is 3.04. The maximum Gasteiger partial charge on any atom is 0.172 e. The molecule has 0 aliphatic heterocycles. The van der Waals surface area contributed by atoms with Crippen molar-refractivity contribution in [3.63, 3.8) is 0 Å². The van der Waals surface area contributed by atoms with Crippen LogP contribution in [-0.2, 0) is 37.9 Å². The third kappa shape index (κ3) is 29.5. The van der Waals surface area contributed by atoms with Crippen LogP contribution in [0.5, 0.6) is 0 Å². The number of rotatable bonds is 45. The Morgan fingerprint density at radius 1 is 0.339 bits per heavy atom. The number of likely N-dealkylation sites (N-methyl/N-ethyl adjacent to an activating group) is 1. The normalized spacial score (nSPS) is 18.3. The molecule has 374 valence electrons. The first-order chi connectivity index (χ1) is 29.6. The lowest BCUT2D eigenvalue weighted by Gasteiger charge is -2.33. The van der Waals surface area contributed by atoms with E-state index in [-0.39, 0.29) is 52.6 Å². The minimum absolute atomic E-state index is 0.0243. The summed E-state index contributed by atoms with van der Waals surface area (Å²) in [7, 11) is 1.70. The van der Waals surface area contributed by atoms with Gasteiger partial charge < -0.3 is 119 Å². The van der Waals surface area contributed by atoms with Gasteiger partial charge >= 0.3 is 0 Å². The van der Waals surface area contributed by atoms with Gasteiger partial charge in [0.25, 0.3) is 0 Å². The molecule has 0 aromatic rings. The molecule has 25 nitrogen and oxygen atoms in total. The lowest BCUT2D eigenvalue weighted by molar-refractivity contribution is -0.131. The van der Waals surface area contributed by atoms with Gasteiger partial charge in [0.05, 0.1) is 137 Å². The fourth-order valence-corrected chi connectivity index (χ4v) is 5.28. The second-order valence-corrected chi connectivity index (χ2v) is 14.3. The van der Waals surface area contributed by atoms with Crippen molar-refractivity contribution in [1.82, 2.24) is 9.80 Å². The van der Waals surface area contributed by atoms with Crippen LogP contribution in [0.2, 0.25) is 0 Å². The van der Waals surface area contributed by atoms with Crippen LogP contribution in [0.25, 0.3) is 0 Å². The summed E-state index contributed by atoms with van der Waals surface area (Å²) in [5.74, 6) is 0. The third-order valence-electron chi connectivity index (χ3n) is 9.16. The maximum absolute atomic E-state index is 10.4. The molecule has 0 radical (unpaired) electrons. The standard InChI is InChI=1S/C37H78N2O23/c1-38(20-26(43)32(49)35(52)29(46)23-40)2-4-55-6-8-57-10-12-59-14-16-61-18-19-62-17-15-60-13-11-58-9-7-56-5-3-39(21-27(44)33(50)36(53)30(47)24-41)22-28(45)34(51)37(54)31(48)25-42/h26-37,40-54H,2-25H2,1H3/p+1/t26-,27-,28-,29+,30+,31+,32+,33+,34+,35+,36+,37+/m0/s1. The highest BCUT2D eigenvalue weighted by Crippen LogP contribution is 2.11. The summed E-state index contributed by atoms with van der Waals surface area (Å²) in [6.07, 6.45) is -20.2. The van der Waals surface area contributed by atoms with E-state index in [0.717, 1.165) is 0 Å². The summed E-state index contributed by atoms with van der Waals surface area (Å²) >= 11 is 0. The predicted octanol–water partition coefficient (Wildman–Crippen LogP) is -9.61. The molecule has 0 saturated heterocycles. The van der Waals surface area contributed by atoms with Crippen LogP contribution >= 0.6 is 0 Å². The van der Waals surface area contributed by atoms with Crippen molar-refractivity contribution < 1.29 is 114 Å². The van der Waals surface area contributed by atoms with Crippen LogP contribution in [0, 0.1) is 0 Å². The molecule has 0 heterocycles. The Morgan fingerprint density at radius 2 is 0.581 bits per heavy atom. The van der Waals surface area contributed by atoms with E-state index >= 15 is 0 Å². The van der Waals surface area contributed by atoms with Crippen LogP contribution in [-0.4, -0.2) is 325 Å². The van der Waals surface area contributed by atoms with Gasteiger partial charge in [-0.3, -0.25) is 4.90 Å². The highest BCUT2D eigenvalue weighted by atomic mass is 16.6. The smallest absolute Gasteiger partial charge is 0.172 e. The van der Waals surface area contributed by atoms with E-state index in [2.05, 4.69) is 0 Å². The van der Waals surface area contributed by atoms with Gasteiger partial charge in [0, 0.05) is 32.7 Å². The second kappa shape index (κ2) is 39.2. The van der Waals surface area contributed by atoms with Gasteiger partial charge in [-0.1, -0.05) is 0 Å². The molecule has 0 aromatic heterocycles. The number of nitrogens with zero attached hydrogens (tertiary/aromatic N) is 2. The zero-order valence-electron chi connectivity index (χ0n) is 35.8. The minimum Gasteiger partial charge on any atom is -0.443 e. The van der Waals surface area contributed by atoms with E-state index in [0.29, 0.717) is 85.8 Å². The molecule has 0 amide bonds. The number of aliphatic hydroxyl groups is 14. The van der Waals surface area contributed by atoms with E-state index < -0.39 is 93.1 Å². The monoisotopic (exact) mass is 920 g/mol. The first-order valence-corrected chi connectivity index (χ1v) is 20.7. The Balaban J connectivity index is 3.87. The highest BCUT2D eigenvalue weighted by molar-refractivity contribution is 4.86. The fourth-order valence-electron chi connectivity index (χ4n) is 5.28. The average molecular weight is 920 g/mol. The molecular formula is C37H79N2O23+. The summed E-state index contributed by atoms with van der Waals surface area (Å²) in [6.45, 7) is 2.54. The van der Waals surface area contributed by atoms with E-state index in [4.69, 9.17) is 53.2 Å². The Bertz CT molecular complexity index is 959. The number of hydrogen-bond donors (Lipinski definition) is 14. The minimum atomic E-state index is -1.88. The molecule has 25 heteroatoms. The summed E-state index contributed by atoms with van der Waals surface area (Å²) in [5, 5.41) is 144. The van der Waals surface area contributed by atoms with E-state index in [9.17, 15) is 61.3 Å². The Morgan fingerprint density at radius 3 is 0.871 bits per heavy atom. The van der Waals surface area contributed by atoms with Crippen molar-refractivity contribution in [3.05, 3.63) is 0 Å². The van der Waals surface area contributed by atoms with Crippen molar-refractivity contribution in [1.29, 1.82) is 0 Å². The molecule has 16 N–H and O–H groups in total. The maximum atomic E-state index is 10.4. The van der Waals surface area contributed by atoms with Crippen LogP contribution in [0.15, 0.2) is 0 Å². The first-order valence-electron chi connectivity index (χ1n) is 20.7. The third-order valence-corrected chi connectivity index (χ3v) is 9.16.